The Hall–Kier alpha value is -1.56. The number of hydrogen-bond donors (Lipinski definition) is 1. The summed E-state index contributed by atoms with van der Waals surface area (Å²) in [5.41, 5.74) is 1.50. The first-order chi connectivity index (χ1) is 9.29. The smallest absolute Gasteiger partial charge is 0.200 e. The molecule has 1 aromatic carbocycles. The molecule has 0 aliphatic heterocycles. The van der Waals surface area contributed by atoms with Crippen LogP contribution in [0.4, 0.5) is 0 Å². The number of aliphatic hydroxyl groups is 1. The fourth-order valence-electron chi connectivity index (χ4n) is 1.78. The molecular formula is C13H10ClN3OS. The summed E-state index contributed by atoms with van der Waals surface area (Å²) in [4.78, 5) is 0.883. The Balaban J connectivity index is 2.04. The lowest BCUT2D eigenvalue weighted by molar-refractivity contribution is 0.279. The number of pyridine rings is 1. The summed E-state index contributed by atoms with van der Waals surface area (Å²) in [6, 6.07) is 11.3. The van der Waals surface area contributed by atoms with Crippen LogP contribution in [0.3, 0.4) is 0 Å². The van der Waals surface area contributed by atoms with Gasteiger partial charge in [-0.3, -0.25) is 4.40 Å². The van der Waals surface area contributed by atoms with Gasteiger partial charge in [0.1, 0.15) is 0 Å². The molecule has 1 N–H and O–H groups in total. The first-order valence-corrected chi connectivity index (χ1v) is 6.85. The average Bonchev–Trinajstić information content (AvgIpc) is 2.83. The SMILES string of the molecule is OCc1c(Cl)cccc1Sc1nnc2ccccn12. The molecule has 0 radical (unpaired) electrons. The second-order valence-corrected chi connectivity index (χ2v) is 5.30. The maximum atomic E-state index is 9.40. The van der Waals surface area contributed by atoms with Crippen molar-refractivity contribution in [3.8, 4) is 0 Å². The van der Waals surface area contributed by atoms with E-state index in [0.717, 1.165) is 15.7 Å². The molecule has 0 aliphatic carbocycles. The molecule has 0 unspecified atom stereocenters. The number of fused-ring (bicyclic) bond motifs is 1. The molecule has 4 nitrogen and oxygen atoms in total. The number of rotatable bonds is 3. The van der Waals surface area contributed by atoms with Crippen LogP contribution in [0.15, 0.2) is 52.6 Å². The number of aromatic nitrogens is 3. The quantitative estimate of drug-likeness (QED) is 0.806. The van der Waals surface area contributed by atoms with E-state index in [1.165, 1.54) is 11.8 Å². The van der Waals surface area contributed by atoms with E-state index in [0.29, 0.717) is 10.6 Å². The van der Waals surface area contributed by atoms with Crippen LogP contribution < -0.4 is 0 Å². The number of aliphatic hydroxyl groups excluding tert-OH is 1. The number of hydrogen-bond acceptors (Lipinski definition) is 4. The Morgan fingerprint density at radius 1 is 1.16 bits per heavy atom. The van der Waals surface area contributed by atoms with E-state index < -0.39 is 0 Å². The van der Waals surface area contributed by atoms with Gasteiger partial charge in [0.15, 0.2) is 10.8 Å². The highest BCUT2D eigenvalue weighted by molar-refractivity contribution is 7.99. The van der Waals surface area contributed by atoms with E-state index in [4.69, 9.17) is 11.6 Å². The van der Waals surface area contributed by atoms with E-state index in [1.807, 2.05) is 40.9 Å². The van der Waals surface area contributed by atoms with Gasteiger partial charge in [-0.25, -0.2) is 0 Å². The minimum absolute atomic E-state index is 0.0985. The standard InChI is InChI=1S/C13H10ClN3OS/c14-10-4-3-5-11(9(10)8-18)19-13-16-15-12-6-1-2-7-17(12)13/h1-7,18H,8H2. The van der Waals surface area contributed by atoms with Crippen LogP contribution in [0.5, 0.6) is 0 Å². The summed E-state index contributed by atoms with van der Waals surface area (Å²) in [5.74, 6) is 0. The second kappa shape index (κ2) is 5.21. The van der Waals surface area contributed by atoms with Crippen molar-refractivity contribution in [3.05, 3.63) is 53.2 Å². The Labute approximate surface area is 119 Å². The lowest BCUT2D eigenvalue weighted by Gasteiger charge is -2.07. The van der Waals surface area contributed by atoms with Crippen LogP contribution >= 0.6 is 23.4 Å². The monoisotopic (exact) mass is 291 g/mol. The van der Waals surface area contributed by atoms with Gasteiger partial charge in [0.25, 0.3) is 0 Å². The van der Waals surface area contributed by atoms with Crippen molar-refractivity contribution in [2.75, 3.05) is 0 Å². The van der Waals surface area contributed by atoms with Crippen molar-refractivity contribution < 1.29 is 5.11 Å². The zero-order chi connectivity index (χ0) is 13.2. The third-order valence-corrected chi connectivity index (χ3v) is 4.14. The molecule has 3 aromatic rings. The molecule has 0 spiro atoms. The second-order valence-electron chi connectivity index (χ2n) is 3.89. The lowest BCUT2D eigenvalue weighted by Crippen LogP contribution is -1.91. The van der Waals surface area contributed by atoms with Crippen LogP contribution in [0.1, 0.15) is 5.56 Å². The Morgan fingerprint density at radius 3 is 2.89 bits per heavy atom. The minimum Gasteiger partial charge on any atom is -0.392 e. The Kier molecular flexibility index (Phi) is 3.42. The van der Waals surface area contributed by atoms with E-state index in [1.54, 1.807) is 6.07 Å². The van der Waals surface area contributed by atoms with Crippen LogP contribution in [-0.2, 0) is 6.61 Å². The number of nitrogens with zero attached hydrogens (tertiary/aromatic N) is 3. The van der Waals surface area contributed by atoms with Gasteiger partial charge in [0.05, 0.1) is 6.61 Å². The summed E-state index contributed by atoms with van der Waals surface area (Å²) in [6.07, 6.45) is 1.90. The van der Waals surface area contributed by atoms with Gasteiger partial charge in [-0.05, 0) is 36.0 Å². The molecule has 3 rings (SSSR count). The first-order valence-electron chi connectivity index (χ1n) is 5.65. The molecule has 0 fully saturated rings. The Morgan fingerprint density at radius 2 is 2.05 bits per heavy atom. The van der Waals surface area contributed by atoms with Crippen molar-refractivity contribution in [1.82, 2.24) is 14.6 Å². The van der Waals surface area contributed by atoms with Gasteiger partial charge in [0, 0.05) is 21.7 Å². The summed E-state index contributed by atoms with van der Waals surface area (Å²) in [7, 11) is 0. The molecule has 0 bridgehead atoms. The van der Waals surface area contributed by atoms with Crippen molar-refractivity contribution >= 4 is 29.0 Å². The van der Waals surface area contributed by atoms with E-state index in [9.17, 15) is 5.11 Å². The van der Waals surface area contributed by atoms with Gasteiger partial charge < -0.3 is 5.11 Å². The highest BCUT2D eigenvalue weighted by Crippen LogP contribution is 2.32. The molecule has 96 valence electrons. The highest BCUT2D eigenvalue weighted by Gasteiger charge is 2.11. The van der Waals surface area contributed by atoms with Crippen LogP contribution in [0.2, 0.25) is 5.02 Å². The fourth-order valence-corrected chi connectivity index (χ4v) is 3.04. The molecular weight excluding hydrogens is 282 g/mol. The molecule has 2 heterocycles. The fraction of sp³-hybridized carbons (Fsp3) is 0.0769. The van der Waals surface area contributed by atoms with Gasteiger partial charge >= 0.3 is 0 Å². The third kappa shape index (κ3) is 2.32. The lowest BCUT2D eigenvalue weighted by atomic mass is 10.2. The zero-order valence-corrected chi connectivity index (χ0v) is 11.4. The van der Waals surface area contributed by atoms with E-state index in [2.05, 4.69) is 10.2 Å². The Bertz CT molecular complexity index is 729. The predicted octanol–water partition coefficient (Wildman–Crippen LogP) is 3.03. The topological polar surface area (TPSA) is 50.4 Å². The molecule has 2 aromatic heterocycles. The zero-order valence-electron chi connectivity index (χ0n) is 9.82. The molecule has 0 amide bonds. The van der Waals surface area contributed by atoms with Gasteiger partial charge in [-0.2, -0.15) is 0 Å². The summed E-state index contributed by atoms with van der Waals surface area (Å²) in [5, 5.41) is 18.9. The first kappa shape index (κ1) is 12.5. The largest absolute Gasteiger partial charge is 0.392 e. The molecule has 0 atom stereocenters. The minimum atomic E-state index is -0.0985. The third-order valence-electron chi connectivity index (χ3n) is 2.72. The van der Waals surface area contributed by atoms with Crippen molar-refractivity contribution in [2.24, 2.45) is 0 Å². The molecule has 6 heteroatoms. The van der Waals surface area contributed by atoms with Crippen LogP contribution in [0.25, 0.3) is 5.65 Å². The molecule has 0 saturated carbocycles. The van der Waals surface area contributed by atoms with Crippen molar-refractivity contribution in [3.63, 3.8) is 0 Å². The van der Waals surface area contributed by atoms with Gasteiger partial charge in [-0.15, -0.1) is 10.2 Å². The van der Waals surface area contributed by atoms with Gasteiger partial charge in [-0.1, -0.05) is 23.7 Å². The van der Waals surface area contributed by atoms with E-state index >= 15 is 0 Å². The average molecular weight is 292 g/mol. The molecule has 19 heavy (non-hydrogen) atoms. The summed E-state index contributed by atoms with van der Waals surface area (Å²) >= 11 is 7.51. The molecule has 0 saturated heterocycles. The van der Waals surface area contributed by atoms with Crippen LogP contribution in [0, 0.1) is 0 Å². The van der Waals surface area contributed by atoms with Gasteiger partial charge in [0.2, 0.25) is 0 Å². The number of halogens is 1. The molecule has 0 aliphatic rings. The maximum absolute atomic E-state index is 9.40. The summed E-state index contributed by atoms with van der Waals surface area (Å²) < 4.78 is 1.90. The normalized spacial score (nSPS) is 11.1. The van der Waals surface area contributed by atoms with E-state index in [-0.39, 0.29) is 6.61 Å². The maximum Gasteiger partial charge on any atom is 0.200 e. The predicted molar refractivity (Wildman–Crippen MR) is 74.5 cm³/mol. The summed E-state index contributed by atoms with van der Waals surface area (Å²) in [6.45, 7) is -0.0985. The highest BCUT2D eigenvalue weighted by atomic mass is 35.5. The van der Waals surface area contributed by atoms with Crippen LogP contribution in [-0.4, -0.2) is 19.7 Å². The number of benzene rings is 1. The van der Waals surface area contributed by atoms with Crippen molar-refractivity contribution in [2.45, 2.75) is 16.7 Å². The van der Waals surface area contributed by atoms with Crippen molar-refractivity contribution in [1.29, 1.82) is 0 Å².